The number of allylic oxidation sites excluding steroid dienone is 1. The average Bonchev–Trinajstić information content (AvgIpc) is 2.40. The zero-order valence-electron chi connectivity index (χ0n) is 11.2. The third kappa shape index (κ3) is 3.12. The van der Waals surface area contributed by atoms with E-state index in [1.807, 2.05) is 0 Å². The van der Waals surface area contributed by atoms with Crippen LogP contribution in [0.2, 0.25) is 0 Å². The number of rotatable bonds is 4. The molecular weight excluding hydrogens is 259 g/mol. The van der Waals surface area contributed by atoms with Gasteiger partial charge in [0.2, 0.25) is 0 Å². The first-order valence-corrected chi connectivity index (χ1v) is 6.16. The maximum Gasteiger partial charge on any atom is 0.316 e. The summed E-state index contributed by atoms with van der Waals surface area (Å²) < 4.78 is 15.4. The molecular formula is C15H15FN2O2. The Morgan fingerprint density at radius 2 is 1.65 bits per heavy atom. The van der Waals surface area contributed by atoms with Crippen molar-refractivity contribution in [3.63, 3.8) is 0 Å². The molecule has 0 fully saturated rings. The summed E-state index contributed by atoms with van der Waals surface area (Å²) >= 11 is 0. The van der Waals surface area contributed by atoms with Crippen LogP contribution in [0.25, 0.3) is 0 Å². The number of hydrogen-bond donors (Lipinski definition) is 0. The van der Waals surface area contributed by atoms with Crippen molar-refractivity contribution >= 4 is 0 Å². The van der Waals surface area contributed by atoms with Crippen LogP contribution < -0.4 is 11.1 Å². The Morgan fingerprint density at radius 1 is 1.10 bits per heavy atom. The minimum Gasteiger partial charge on any atom is -0.305 e. The molecule has 1 aromatic heterocycles. The van der Waals surface area contributed by atoms with Gasteiger partial charge in [-0.2, -0.15) is 0 Å². The van der Waals surface area contributed by atoms with Gasteiger partial charge in [0.25, 0.3) is 0 Å². The molecule has 0 saturated carbocycles. The molecule has 1 heterocycles. The van der Waals surface area contributed by atoms with Crippen LogP contribution >= 0.6 is 0 Å². The highest BCUT2D eigenvalue weighted by atomic mass is 19.1. The SMILES string of the molecule is C=C(C)Cn1ccn(Cc2ccc(F)cc2)c(=O)c1=O. The fourth-order valence-corrected chi connectivity index (χ4v) is 1.87. The van der Waals surface area contributed by atoms with Crippen molar-refractivity contribution < 1.29 is 4.39 Å². The van der Waals surface area contributed by atoms with Crippen LogP contribution in [-0.4, -0.2) is 9.13 Å². The lowest BCUT2D eigenvalue weighted by molar-refractivity contribution is 0.624. The van der Waals surface area contributed by atoms with E-state index in [1.165, 1.54) is 21.3 Å². The second-order valence-corrected chi connectivity index (χ2v) is 4.75. The third-order valence-electron chi connectivity index (χ3n) is 2.84. The number of benzene rings is 1. The predicted octanol–water partition coefficient (Wildman–Crippen LogP) is 1.77. The Bertz CT molecular complexity index is 742. The predicted molar refractivity (Wildman–Crippen MR) is 75.3 cm³/mol. The molecule has 2 aromatic rings. The van der Waals surface area contributed by atoms with Gasteiger partial charge in [-0.25, -0.2) is 4.39 Å². The molecule has 5 heteroatoms. The van der Waals surface area contributed by atoms with E-state index in [1.54, 1.807) is 31.5 Å². The first-order chi connectivity index (χ1) is 9.47. The molecule has 0 saturated heterocycles. The van der Waals surface area contributed by atoms with E-state index >= 15 is 0 Å². The largest absolute Gasteiger partial charge is 0.316 e. The molecule has 0 atom stereocenters. The highest BCUT2D eigenvalue weighted by Gasteiger charge is 2.05. The Labute approximate surface area is 115 Å². The van der Waals surface area contributed by atoms with E-state index in [9.17, 15) is 14.0 Å². The fourth-order valence-electron chi connectivity index (χ4n) is 1.87. The van der Waals surface area contributed by atoms with Crippen molar-refractivity contribution in [1.82, 2.24) is 9.13 Å². The van der Waals surface area contributed by atoms with Gasteiger partial charge in [0.1, 0.15) is 5.82 Å². The normalized spacial score (nSPS) is 10.5. The van der Waals surface area contributed by atoms with Crippen molar-refractivity contribution in [3.05, 3.63) is 80.9 Å². The number of aromatic nitrogens is 2. The van der Waals surface area contributed by atoms with Crippen LogP contribution in [0.5, 0.6) is 0 Å². The molecule has 0 aliphatic rings. The molecule has 0 unspecified atom stereocenters. The van der Waals surface area contributed by atoms with Crippen LogP contribution in [0.15, 0.2) is 58.4 Å². The lowest BCUT2D eigenvalue weighted by atomic mass is 10.2. The first kappa shape index (κ1) is 14.0. The van der Waals surface area contributed by atoms with Crippen LogP contribution in [0.3, 0.4) is 0 Å². The maximum absolute atomic E-state index is 12.8. The van der Waals surface area contributed by atoms with E-state index in [4.69, 9.17) is 0 Å². The molecule has 0 spiro atoms. The molecule has 0 bridgehead atoms. The second kappa shape index (κ2) is 5.69. The maximum atomic E-state index is 12.8. The summed E-state index contributed by atoms with van der Waals surface area (Å²) in [5.74, 6) is -0.335. The molecule has 2 rings (SSSR count). The van der Waals surface area contributed by atoms with Gasteiger partial charge < -0.3 is 9.13 Å². The number of nitrogens with zero attached hydrogens (tertiary/aromatic N) is 2. The minimum absolute atomic E-state index is 0.238. The summed E-state index contributed by atoms with van der Waals surface area (Å²) in [7, 11) is 0. The van der Waals surface area contributed by atoms with Gasteiger partial charge >= 0.3 is 11.1 Å². The van der Waals surface area contributed by atoms with E-state index in [-0.39, 0.29) is 12.4 Å². The van der Waals surface area contributed by atoms with Crippen molar-refractivity contribution in [3.8, 4) is 0 Å². The van der Waals surface area contributed by atoms with E-state index in [2.05, 4.69) is 6.58 Å². The quantitative estimate of drug-likeness (QED) is 0.630. The summed E-state index contributed by atoms with van der Waals surface area (Å²) in [5.41, 5.74) is 0.365. The Balaban J connectivity index is 2.32. The molecule has 20 heavy (non-hydrogen) atoms. The summed E-state index contributed by atoms with van der Waals surface area (Å²) in [6.07, 6.45) is 3.11. The van der Waals surface area contributed by atoms with Crippen LogP contribution in [0, 0.1) is 5.82 Å². The van der Waals surface area contributed by atoms with Crippen molar-refractivity contribution in [2.75, 3.05) is 0 Å². The Morgan fingerprint density at radius 3 is 2.25 bits per heavy atom. The highest BCUT2D eigenvalue weighted by Crippen LogP contribution is 2.03. The zero-order chi connectivity index (χ0) is 14.7. The lowest BCUT2D eigenvalue weighted by Crippen LogP contribution is -2.40. The summed E-state index contributed by atoms with van der Waals surface area (Å²) in [4.78, 5) is 23.9. The number of hydrogen-bond acceptors (Lipinski definition) is 2. The average molecular weight is 274 g/mol. The first-order valence-electron chi connectivity index (χ1n) is 6.16. The molecule has 0 radical (unpaired) electrons. The molecule has 0 amide bonds. The summed E-state index contributed by atoms with van der Waals surface area (Å²) in [5, 5.41) is 0. The van der Waals surface area contributed by atoms with Gasteiger partial charge in [-0.1, -0.05) is 24.3 Å². The van der Waals surface area contributed by atoms with Gasteiger partial charge in [-0.15, -0.1) is 0 Å². The highest BCUT2D eigenvalue weighted by molar-refractivity contribution is 5.16. The van der Waals surface area contributed by atoms with Crippen molar-refractivity contribution in [1.29, 1.82) is 0 Å². The van der Waals surface area contributed by atoms with Crippen LogP contribution in [0.4, 0.5) is 4.39 Å². The van der Waals surface area contributed by atoms with E-state index in [0.717, 1.165) is 11.1 Å². The lowest BCUT2D eigenvalue weighted by Gasteiger charge is -2.09. The third-order valence-corrected chi connectivity index (χ3v) is 2.84. The van der Waals surface area contributed by atoms with Crippen LogP contribution in [-0.2, 0) is 13.1 Å². The van der Waals surface area contributed by atoms with Crippen molar-refractivity contribution in [2.45, 2.75) is 20.0 Å². The molecule has 1 aromatic carbocycles. The zero-order valence-corrected chi connectivity index (χ0v) is 11.2. The van der Waals surface area contributed by atoms with E-state index < -0.39 is 11.1 Å². The molecule has 0 aliphatic carbocycles. The van der Waals surface area contributed by atoms with Crippen molar-refractivity contribution in [2.24, 2.45) is 0 Å². The second-order valence-electron chi connectivity index (χ2n) is 4.75. The van der Waals surface area contributed by atoms with Gasteiger partial charge in [-0.3, -0.25) is 9.59 Å². The summed E-state index contributed by atoms with van der Waals surface area (Å²) in [6.45, 7) is 6.07. The van der Waals surface area contributed by atoms with Gasteiger partial charge in [-0.05, 0) is 24.6 Å². The van der Waals surface area contributed by atoms with E-state index in [0.29, 0.717) is 6.54 Å². The Hall–Kier alpha value is -2.43. The summed E-state index contributed by atoms with van der Waals surface area (Å²) in [6, 6.07) is 5.81. The minimum atomic E-state index is -0.599. The van der Waals surface area contributed by atoms with Crippen LogP contribution in [0.1, 0.15) is 12.5 Å². The topological polar surface area (TPSA) is 44.0 Å². The molecule has 4 nitrogen and oxygen atoms in total. The molecule has 104 valence electrons. The smallest absolute Gasteiger partial charge is 0.305 e. The van der Waals surface area contributed by atoms with Gasteiger partial charge in [0.15, 0.2) is 0 Å². The number of halogens is 1. The molecule has 0 aliphatic heterocycles. The molecule has 0 N–H and O–H groups in total. The standard InChI is InChI=1S/C15H15FN2O2/c1-11(2)9-17-7-8-18(15(20)14(17)19)10-12-3-5-13(16)6-4-12/h3-8H,1,9-10H2,2H3. The monoisotopic (exact) mass is 274 g/mol. The van der Waals surface area contributed by atoms with Gasteiger partial charge in [0, 0.05) is 18.9 Å². The van der Waals surface area contributed by atoms with Gasteiger partial charge in [0.05, 0.1) is 6.54 Å². The fraction of sp³-hybridized carbons (Fsp3) is 0.200. The Kier molecular flexibility index (Phi) is 3.98.